The zero-order valence-corrected chi connectivity index (χ0v) is 13.5. The maximum absolute atomic E-state index is 5.79. The Kier molecular flexibility index (Phi) is 4.88. The second-order valence-corrected chi connectivity index (χ2v) is 7.96. The molecule has 0 spiro atoms. The minimum Gasteiger partial charge on any atom is -0.381 e. The monoisotopic (exact) mass is 256 g/mol. The summed E-state index contributed by atoms with van der Waals surface area (Å²) in [4.78, 5) is 0. The molecule has 18 heavy (non-hydrogen) atoms. The summed E-state index contributed by atoms with van der Waals surface area (Å²) in [6, 6.07) is 0. The molecule has 2 heteroatoms. The first kappa shape index (κ1) is 16.0. The maximum Gasteiger partial charge on any atom is 0.0609 e. The first-order valence-electron chi connectivity index (χ1n) is 7.16. The van der Waals surface area contributed by atoms with Crippen molar-refractivity contribution in [2.24, 2.45) is 22.7 Å². The SMILES string of the molecule is COC1CC(C(C)(C)C)C(OC)CC1C(C)(C)C. The first-order valence-corrected chi connectivity index (χ1v) is 7.16. The molecule has 0 aliphatic heterocycles. The van der Waals surface area contributed by atoms with E-state index in [2.05, 4.69) is 41.5 Å². The lowest BCUT2D eigenvalue weighted by molar-refractivity contribution is -0.119. The van der Waals surface area contributed by atoms with Gasteiger partial charge < -0.3 is 9.47 Å². The number of ether oxygens (including phenoxy) is 2. The highest BCUT2D eigenvalue weighted by Gasteiger charge is 2.45. The minimum absolute atomic E-state index is 0.278. The van der Waals surface area contributed by atoms with Crippen molar-refractivity contribution in [3.63, 3.8) is 0 Å². The summed E-state index contributed by atoms with van der Waals surface area (Å²) in [5.41, 5.74) is 0.556. The van der Waals surface area contributed by atoms with Gasteiger partial charge in [-0.05, 0) is 35.5 Å². The van der Waals surface area contributed by atoms with Crippen LogP contribution in [0.2, 0.25) is 0 Å². The van der Waals surface area contributed by atoms with Gasteiger partial charge in [0.2, 0.25) is 0 Å². The lowest BCUT2D eigenvalue weighted by Crippen LogP contribution is -2.49. The summed E-state index contributed by atoms with van der Waals surface area (Å²) in [6.07, 6.45) is 2.95. The van der Waals surface area contributed by atoms with Gasteiger partial charge >= 0.3 is 0 Å². The first-order chi connectivity index (χ1) is 8.11. The number of rotatable bonds is 2. The molecule has 1 aliphatic rings. The van der Waals surface area contributed by atoms with E-state index >= 15 is 0 Å². The fourth-order valence-electron chi connectivity index (χ4n) is 3.48. The van der Waals surface area contributed by atoms with E-state index in [0.717, 1.165) is 12.8 Å². The molecule has 0 aromatic carbocycles. The van der Waals surface area contributed by atoms with Crippen LogP contribution < -0.4 is 0 Å². The average Bonchev–Trinajstić information content (AvgIpc) is 2.24. The molecule has 0 N–H and O–H groups in total. The van der Waals surface area contributed by atoms with Crippen LogP contribution in [0.4, 0.5) is 0 Å². The van der Waals surface area contributed by atoms with Crippen molar-refractivity contribution in [1.29, 1.82) is 0 Å². The van der Waals surface area contributed by atoms with E-state index in [4.69, 9.17) is 9.47 Å². The largest absolute Gasteiger partial charge is 0.381 e. The zero-order chi connectivity index (χ0) is 14.1. The second-order valence-electron chi connectivity index (χ2n) is 7.96. The summed E-state index contributed by atoms with van der Waals surface area (Å²) in [7, 11) is 3.71. The van der Waals surface area contributed by atoms with Crippen molar-refractivity contribution < 1.29 is 9.47 Å². The van der Waals surface area contributed by atoms with Crippen LogP contribution in [0, 0.1) is 22.7 Å². The second kappa shape index (κ2) is 5.50. The third kappa shape index (κ3) is 3.48. The van der Waals surface area contributed by atoms with E-state index in [1.54, 1.807) is 0 Å². The summed E-state index contributed by atoms with van der Waals surface area (Å²) in [6.45, 7) is 13.9. The van der Waals surface area contributed by atoms with Gasteiger partial charge in [0.15, 0.2) is 0 Å². The fourth-order valence-corrected chi connectivity index (χ4v) is 3.48. The van der Waals surface area contributed by atoms with Crippen molar-refractivity contribution in [3.05, 3.63) is 0 Å². The van der Waals surface area contributed by atoms with Gasteiger partial charge in [0.25, 0.3) is 0 Å². The molecule has 1 rings (SSSR count). The normalized spacial score (nSPS) is 34.7. The van der Waals surface area contributed by atoms with Crippen LogP contribution in [0.25, 0.3) is 0 Å². The Labute approximate surface area is 113 Å². The molecule has 4 unspecified atom stereocenters. The molecule has 0 heterocycles. The Balaban J connectivity index is 2.93. The van der Waals surface area contributed by atoms with E-state index in [1.165, 1.54) is 0 Å². The quantitative estimate of drug-likeness (QED) is 0.739. The van der Waals surface area contributed by atoms with Crippen molar-refractivity contribution in [2.75, 3.05) is 14.2 Å². The smallest absolute Gasteiger partial charge is 0.0609 e. The van der Waals surface area contributed by atoms with E-state index in [-0.39, 0.29) is 10.8 Å². The predicted molar refractivity (Wildman–Crippen MR) is 76.7 cm³/mol. The van der Waals surface area contributed by atoms with E-state index in [9.17, 15) is 0 Å². The molecule has 0 amide bonds. The van der Waals surface area contributed by atoms with Crippen LogP contribution in [-0.2, 0) is 9.47 Å². The van der Waals surface area contributed by atoms with E-state index in [0.29, 0.717) is 24.0 Å². The van der Waals surface area contributed by atoms with Gasteiger partial charge in [0.1, 0.15) is 0 Å². The Bertz CT molecular complexity index is 231. The molecule has 0 radical (unpaired) electrons. The lowest BCUT2D eigenvalue weighted by atomic mass is 9.61. The highest BCUT2D eigenvalue weighted by atomic mass is 16.5. The number of hydrogen-bond acceptors (Lipinski definition) is 2. The highest BCUT2D eigenvalue weighted by molar-refractivity contribution is 4.95. The summed E-state index contributed by atoms with van der Waals surface area (Å²) < 4.78 is 11.6. The van der Waals surface area contributed by atoms with Crippen LogP contribution >= 0.6 is 0 Å². The van der Waals surface area contributed by atoms with Gasteiger partial charge in [-0.25, -0.2) is 0 Å². The Hall–Kier alpha value is -0.0800. The van der Waals surface area contributed by atoms with E-state index < -0.39 is 0 Å². The van der Waals surface area contributed by atoms with Crippen molar-refractivity contribution in [2.45, 2.75) is 66.6 Å². The average molecular weight is 256 g/mol. The highest BCUT2D eigenvalue weighted by Crippen LogP contribution is 2.47. The lowest BCUT2D eigenvalue weighted by Gasteiger charge is -2.49. The molecule has 0 aromatic rings. The van der Waals surface area contributed by atoms with Crippen LogP contribution in [0.1, 0.15) is 54.4 Å². The van der Waals surface area contributed by atoms with Gasteiger partial charge in [-0.2, -0.15) is 0 Å². The number of methoxy groups -OCH3 is 2. The summed E-state index contributed by atoms with van der Waals surface area (Å²) >= 11 is 0. The molecular formula is C16H32O2. The molecule has 108 valence electrons. The molecule has 1 fully saturated rings. The van der Waals surface area contributed by atoms with Crippen molar-refractivity contribution in [3.8, 4) is 0 Å². The van der Waals surface area contributed by atoms with Gasteiger partial charge in [-0.15, -0.1) is 0 Å². The van der Waals surface area contributed by atoms with Gasteiger partial charge in [-0.3, -0.25) is 0 Å². The Morgan fingerprint density at radius 3 is 1.11 bits per heavy atom. The molecule has 0 saturated heterocycles. The van der Waals surface area contributed by atoms with Crippen LogP contribution in [0.3, 0.4) is 0 Å². The molecule has 1 saturated carbocycles. The van der Waals surface area contributed by atoms with E-state index in [1.807, 2.05) is 14.2 Å². The molecule has 2 nitrogen and oxygen atoms in total. The van der Waals surface area contributed by atoms with Crippen molar-refractivity contribution in [1.82, 2.24) is 0 Å². The number of hydrogen-bond donors (Lipinski definition) is 0. The van der Waals surface area contributed by atoms with Gasteiger partial charge in [0.05, 0.1) is 12.2 Å². The predicted octanol–water partition coefficient (Wildman–Crippen LogP) is 4.13. The summed E-state index contributed by atoms with van der Waals surface area (Å²) in [5.74, 6) is 1.15. The minimum atomic E-state index is 0.278. The molecular weight excluding hydrogens is 224 g/mol. The molecule has 0 bridgehead atoms. The standard InChI is InChI=1S/C16H32O2/c1-15(2,3)11-9-14(18-8)12(16(4,5)6)10-13(11)17-7/h11-14H,9-10H2,1-8H3. The zero-order valence-electron chi connectivity index (χ0n) is 13.5. The maximum atomic E-state index is 5.79. The van der Waals surface area contributed by atoms with Gasteiger partial charge in [-0.1, -0.05) is 41.5 Å². The third-order valence-electron chi connectivity index (χ3n) is 4.70. The Morgan fingerprint density at radius 2 is 0.944 bits per heavy atom. The van der Waals surface area contributed by atoms with Crippen LogP contribution in [-0.4, -0.2) is 26.4 Å². The summed E-state index contributed by atoms with van der Waals surface area (Å²) in [5, 5.41) is 0. The Morgan fingerprint density at radius 1 is 0.667 bits per heavy atom. The van der Waals surface area contributed by atoms with Crippen LogP contribution in [0.15, 0.2) is 0 Å². The third-order valence-corrected chi connectivity index (χ3v) is 4.70. The molecule has 1 aliphatic carbocycles. The molecule has 0 aromatic heterocycles. The van der Waals surface area contributed by atoms with Crippen molar-refractivity contribution >= 4 is 0 Å². The van der Waals surface area contributed by atoms with Gasteiger partial charge in [0, 0.05) is 14.2 Å². The van der Waals surface area contributed by atoms with Crippen LogP contribution in [0.5, 0.6) is 0 Å². The topological polar surface area (TPSA) is 18.5 Å². The molecule has 4 atom stereocenters. The fraction of sp³-hybridized carbons (Fsp3) is 1.00.